The molecule has 0 spiro atoms. The molecule has 118 valence electrons. The van der Waals surface area contributed by atoms with E-state index in [1.165, 1.54) is 10.4 Å². The zero-order valence-corrected chi connectivity index (χ0v) is 14.5. The summed E-state index contributed by atoms with van der Waals surface area (Å²) in [6, 6.07) is 3.58. The van der Waals surface area contributed by atoms with Crippen molar-refractivity contribution in [2.75, 3.05) is 13.6 Å². The van der Waals surface area contributed by atoms with E-state index >= 15 is 0 Å². The van der Waals surface area contributed by atoms with E-state index in [4.69, 9.17) is 23.2 Å². The van der Waals surface area contributed by atoms with Gasteiger partial charge in [-0.2, -0.15) is 0 Å². The Bertz CT molecular complexity index is 616. The molecular weight excluding hydrogens is 331 g/mol. The highest BCUT2D eigenvalue weighted by Gasteiger charge is 2.26. The van der Waals surface area contributed by atoms with Gasteiger partial charge in [0.15, 0.2) is 0 Å². The first-order valence-electron chi connectivity index (χ1n) is 7.04. The zero-order valence-electron chi connectivity index (χ0n) is 12.2. The lowest BCUT2D eigenvalue weighted by Gasteiger charge is -2.19. The third-order valence-electron chi connectivity index (χ3n) is 3.52. The fourth-order valence-corrected chi connectivity index (χ4v) is 4.22. The Morgan fingerprint density at radius 1 is 1.33 bits per heavy atom. The molecule has 0 amide bonds. The number of nitrogens with zero attached hydrogens (tertiary/aromatic N) is 1. The van der Waals surface area contributed by atoms with Crippen LogP contribution < -0.4 is 5.32 Å². The number of nitrogens with one attached hydrogen (secondary N) is 1. The van der Waals surface area contributed by atoms with Crippen molar-refractivity contribution in [3.05, 3.63) is 27.7 Å². The van der Waals surface area contributed by atoms with Gasteiger partial charge in [-0.15, -0.1) is 0 Å². The molecule has 0 radical (unpaired) electrons. The molecule has 0 aromatic heterocycles. The van der Waals surface area contributed by atoms with E-state index in [9.17, 15) is 8.42 Å². The van der Waals surface area contributed by atoms with Gasteiger partial charge in [-0.25, -0.2) is 12.7 Å². The fraction of sp³-hybridized carbons (Fsp3) is 0.571. The molecule has 1 aliphatic carbocycles. The molecule has 0 aliphatic heterocycles. The van der Waals surface area contributed by atoms with Crippen LogP contribution >= 0.6 is 23.2 Å². The Labute approximate surface area is 136 Å². The maximum absolute atomic E-state index is 12.5. The van der Waals surface area contributed by atoms with Gasteiger partial charge >= 0.3 is 0 Å². The Kier molecular flexibility index (Phi) is 5.54. The van der Waals surface area contributed by atoms with Gasteiger partial charge in [0.05, 0.1) is 5.02 Å². The molecule has 7 heteroatoms. The average Bonchev–Trinajstić information content (AvgIpc) is 3.22. The van der Waals surface area contributed by atoms with Crippen LogP contribution in [0.25, 0.3) is 0 Å². The van der Waals surface area contributed by atoms with E-state index in [-0.39, 0.29) is 9.92 Å². The molecule has 1 aromatic carbocycles. The van der Waals surface area contributed by atoms with Crippen molar-refractivity contribution < 1.29 is 8.42 Å². The smallest absolute Gasteiger partial charge is 0.244 e. The minimum Gasteiger partial charge on any atom is -0.310 e. The van der Waals surface area contributed by atoms with Gasteiger partial charge in [0, 0.05) is 36.8 Å². The first-order valence-corrected chi connectivity index (χ1v) is 9.24. The average molecular weight is 351 g/mol. The molecule has 1 aromatic rings. The molecule has 2 rings (SSSR count). The number of benzene rings is 1. The SMILES string of the molecule is CCCN(C)S(=O)(=O)c1ccc(Cl)c(CNC2CC2)c1Cl. The summed E-state index contributed by atoms with van der Waals surface area (Å²) in [5.41, 5.74) is 0.649. The van der Waals surface area contributed by atoms with Crippen molar-refractivity contribution in [2.45, 2.75) is 43.7 Å². The Hall–Kier alpha value is -0.330. The predicted octanol–water partition coefficient (Wildman–Crippen LogP) is 3.28. The molecule has 0 saturated heterocycles. The molecule has 1 saturated carbocycles. The van der Waals surface area contributed by atoms with E-state index in [1.54, 1.807) is 13.1 Å². The second-order valence-electron chi connectivity index (χ2n) is 5.32. The van der Waals surface area contributed by atoms with Crippen molar-refractivity contribution in [3.63, 3.8) is 0 Å². The number of sulfonamides is 1. The second kappa shape index (κ2) is 6.84. The van der Waals surface area contributed by atoms with Crippen LogP contribution in [0.2, 0.25) is 10.0 Å². The van der Waals surface area contributed by atoms with E-state index in [0.29, 0.717) is 29.7 Å². The van der Waals surface area contributed by atoms with Crippen LogP contribution in [0, 0.1) is 0 Å². The van der Waals surface area contributed by atoms with E-state index < -0.39 is 10.0 Å². The molecule has 1 aliphatic rings. The van der Waals surface area contributed by atoms with Crippen molar-refractivity contribution in [1.29, 1.82) is 0 Å². The van der Waals surface area contributed by atoms with Crippen LogP contribution in [-0.4, -0.2) is 32.4 Å². The minimum absolute atomic E-state index is 0.122. The van der Waals surface area contributed by atoms with E-state index in [0.717, 1.165) is 19.3 Å². The predicted molar refractivity (Wildman–Crippen MR) is 86.4 cm³/mol. The molecule has 1 N–H and O–H groups in total. The third kappa shape index (κ3) is 3.90. The van der Waals surface area contributed by atoms with Gasteiger partial charge in [0.2, 0.25) is 10.0 Å². The minimum atomic E-state index is -3.58. The third-order valence-corrected chi connectivity index (χ3v) is 6.32. The highest BCUT2D eigenvalue weighted by molar-refractivity contribution is 7.89. The van der Waals surface area contributed by atoms with Gasteiger partial charge in [0.1, 0.15) is 4.90 Å². The van der Waals surface area contributed by atoms with Gasteiger partial charge in [-0.05, 0) is 31.4 Å². The van der Waals surface area contributed by atoms with Crippen molar-refractivity contribution in [3.8, 4) is 0 Å². The summed E-state index contributed by atoms with van der Waals surface area (Å²) in [6.07, 6.45) is 3.04. The summed E-state index contributed by atoms with van der Waals surface area (Å²) in [5.74, 6) is 0. The van der Waals surface area contributed by atoms with Crippen LogP contribution in [0.15, 0.2) is 17.0 Å². The Morgan fingerprint density at radius 2 is 2.00 bits per heavy atom. The summed E-state index contributed by atoms with van der Waals surface area (Å²) in [7, 11) is -2.02. The number of halogens is 2. The van der Waals surface area contributed by atoms with Crippen molar-refractivity contribution in [2.24, 2.45) is 0 Å². The van der Waals surface area contributed by atoms with Crippen molar-refractivity contribution in [1.82, 2.24) is 9.62 Å². The number of rotatable bonds is 7. The van der Waals surface area contributed by atoms with Gasteiger partial charge in [0.25, 0.3) is 0 Å². The standard InChI is InChI=1S/C14H20Cl2N2O2S/c1-3-8-18(2)21(19,20)13-7-6-12(15)11(14(13)16)9-17-10-4-5-10/h6-7,10,17H,3-5,8-9H2,1-2H3. The maximum atomic E-state index is 12.5. The summed E-state index contributed by atoms with van der Waals surface area (Å²) in [6.45, 7) is 2.88. The van der Waals surface area contributed by atoms with Crippen LogP contribution in [0.1, 0.15) is 31.7 Å². The summed E-state index contributed by atoms with van der Waals surface area (Å²) < 4.78 is 26.4. The largest absolute Gasteiger partial charge is 0.310 e. The van der Waals surface area contributed by atoms with Crippen molar-refractivity contribution >= 4 is 33.2 Å². The molecule has 4 nitrogen and oxygen atoms in total. The number of hydrogen-bond acceptors (Lipinski definition) is 3. The summed E-state index contributed by atoms with van der Waals surface area (Å²) in [4.78, 5) is 0.122. The van der Waals surface area contributed by atoms with Crippen LogP contribution in [0.4, 0.5) is 0 Å². The molecule has 0 unspecified atom stereocenters. The molecule has 0 bridgehead atoms. The van der Waals surface area contributed by atoms with Gasteiger partial charge in [-0.3, -0.25) is 0 Å². The number of hydrogen-bond donors (Lipinski definition) is 1. The highest BCUT2D eigenvalue weighted by atomic mass is 35.5. The lowest BCUT2D eigenvalue weighted by Crippen LogP contribution is -2.28. The molecule has 21 heavy (non-hydrogen) atoms. The highest BCUT2D eigenvalue weighted by Crippen LogP contribution is 2.33. The Morgan fingerprint density at radius 3 is 2.57 bits per heavy atom. The lowest BCUT2D eigenvalue weighted by atomic mass is 10.2. The lowest BCUT2D eigenvalue weighted by molar-refractivity contribution is 0.468. The normalized spacial score (nSPS) is 15.7. The van der Waals surface area contributed by atoms with Gasteiger partial charge in [-0.1, -0.05) is 30.1 Å². The molecular formula is C14H20Cl2N2O2S. The monoisotopic (exact) mass is 350 g/mol. The van der Waals surface area contributed by atoms with E-state index in [1.807, 2.05) is 6.92 Å². The van der Waals surface area contributed by atoms with Gasteiger partial charge < -0.3 is 5.32 Å². The topological polar surface area (TPSA) is 49.4 Å². The molecule has 1 fully saturated rings. The second-order valence-corrected chi connectivity index (χ2v) is 8.12. The summed E-state index contributed by atoms with van der Waals surface area (Å²) in [5, 5.41) is 4.02. The summed E-state index contributed by atoms with van der Waals surface area (Å²) >= 11 is 12.5. The fourth-order valence-electron chi connectivity index (χ4n) is 2.07. The first kappa shape index (κ1) is 17.0. The maximum Gasteiger partial charge on any atom is 0.244 e. The zero-order chi connectivity index (χ0) is 15.6. The van der Waals surface area contributed by atoms with Crippen LogP contribution in [0.5, 0.6) is 0 Å². The van der Waals surface area contributed by atoms with E-state index in [2.05, 4.69) is 5.32 Å². The van der Waals surface area contributed by atoms with Crippen LogP contribution in [0.3, 0.4) is 0 Å². The Balaban J connectivity index is 2.33. The first-order chi connectivity index (χ1) is 9.87. The molecule has 0 heterocycles. The molecule has 0 atom stereocenters. The van der Waals surface area contributed by atoms with Crippen LogP contribution in [-0.2, 0) is 16.6 Å². The quantitative estimate of drug-likeness (QED) is 0.820.